The smallest absolute Gasteiger partial charge is 0.410 e. The third-order valence-electron chi connectivity index (χ3n) is 5.90. The molecule has 0 N–H and O–H groups in total. The van der Waals surface area contributed by atoms with Crippen LogP contribution in [0.5, 0.6) is 0 Å². The fourth-order valence-corrected chi connectivity index (χ4v) is 4.81. The molecule has 1 aliphatic carbocycles. The highest BCUT2D eigenvalue weighted by Crippen LogP contribution is 2.41. The first-order valence-corrected chi connectivity index (χ1v) is 10.7. The Morgan fingerprint density at radius 2 is 1.70 bits per heavy atom. The minimum Gasteiger partial charge on any atom is -0.444 e. The average molecular weight is 436 g/mol. The van der Waals surface area contributed by atoms with E-state index in [0.717, 1.165) is 42.4 Å². The number of carbonyl (C=O) groups excluding carboxylic acids is 2. The monoisotopic (exact) mass is 435 g/mol. The van der Waals surface area contributed by atoms with Gasteiger partial charge in [0.15, 0.2) is 5.78 Å². The molecule has 1 aromatic carbocycles. The van der Waals surface area contributed by atoms with Crippen molar-refractivity contribution < 1.29 is 14.3 Å². The molecular weight excluding hydrogens is 406 g/mol. The normalized spacial score (nSPS) is 28.4. The van der Waals surface area contributed by atoms with E-state index in [9.17, 15) is 9.59 Å². The van der Waals surface area contributed by atoms with Crippen LogP contribution in [0.15, 0.2) is 28.7 Å². The van der Waals surface area contributed by atoms with E-state index in [1.807, 2.05) is 49.9 Å². The topological polar surface area (TPSA) is 46.6 Å². The van der Waals surface area contributed by atoms with Gasteiger partial charge >= 0.3 is 6.09 Å². The molecule has 0 radical (unpaired) electrons. The second-order valence-corrected chi connectivity index (χ2v) is 10.1. The largest absolute Gasteiger partial charge is 0.444 e. The molecule has 1 amide bonds. The highest BCUT2D eigenvalue weighted by molar-refractivity contribution is 9.10. The molecule has 1 aliphatic heterocycles. The Labute approximate surface area is 170 Å². The van der Waals surface area contributed by atoms with Gasteiger partial charge in [-0.15, -0.1) is 0 Å². The zero-order valence-electron chi connectivity index (χ0n) is 16.7. The van der Waals surface area contributed by atoms with Gasteiger partial charge < -0.3 is 9.64 Å². The van der Waals surface area contributed by atoms with E-state index in [0.29, 0.717) is 17.8 Å². The molecule has 1 aromatic rings. The Balaban J connectivity index is 1.64. The van der Waals surface area contributed by atoms with Gasteiger partial charge in [0.05, 0.1) is 0 Å². The van der Waals surface area contributed by atoms with Crippen molar-refractivity contribution in [2.24, 2.45) is 23.7 Å². The number of hydrogen-bond acceptors (Lipinski definition) is 3. The van der Waals surface area contributed by atoms with Crippen LogP contribution in [0, 0.1) is 23.7 Å². The van der Waals surface area contributed by atoms with Crippen LogP contribution in [0.2, 0.25) is 0 Å². The fraction of sp³-hybridized carbons (Fsp3) is 0.636. The maximum Gasteiger partial charge on any atom is 0.410 e. The molecule has 4 atom stereocenters. The molecule has 27 heavy (non-hydrogen) atoms. The Kier molecular flexibility index (Phi) is 5.99. The van der Waals surface area contributed by atoms with E-state index in [2.05, 4.69) is 22.9 Å². The second kappa shape index (κ2) is 7.94. The van der Waals surface area contributed by atoms with E-state index in [1.54, 1.807) is 0 Å². The van der Waals surface area contributed by atoms with Gasteiger partial charge in [0.25, 0.3) is 0 Å². The van der Waals surface area contributed by atoms with Crippen molar-refractivity contribution in [3.8, 4) is 0 Å². The van der Waals surface area contributed by atoms with Crippen molar-refractivity contribution >= 4 is 27.8 Å². The zero-order chi connectivity index (χ0) is 19.8. The molecule has 3 rings (SSSR count). The average Bonchev–Trinajstić information content (AvgIpc) is 2.90. The van der Waals surface area contributed by atoms with E-state index >= 15 is 0 Å². The molecule has 1 heterocycles. The number of fused-ring (bicyclic) bond motifs is 1. The lowest BCUT2D eigenvalue weighted by molar-refractivity contribution is 0.0279. The third-order valence-corrected chi connectivity index (χ3v) is 6.43. The summed E-state index contributed by atoms with van der Waals surface area (Å²) in [5, 5.41) is 0. The number of Topliss-reactive ketones (excluding diaryl/α,β-unsaturated/α-hetero) is 1. The first kappa shape index (κ1) is 20.4. The fourth-order valence-electron chi connectivity index (χ4n) is 4.55. The van der Waals surface area contributed by atoms with Crippen molar-refractivity contribution in [3.63, 3.8) is 0 Å². The lowest BCUT2D eigenvalue weighted by Gasteiger charge is -2.26. The van der Waals surface area contributed by atoms with Crippen molar-refractivity contribution in [1.29, 1.82) is 0 Å². The summed E-state index contributed by atoms with van der Waals surface area (Å²) in [7, 11) is 0. The van der Waals surface area contributed by atoms with Gasteiger partial charge in [0, 0.05) is 29.0 Å². The molecule has 1 saturated carbocycles. The van der Waals surface area contributed by atoms with Crippen LogP contribution in [-0.2, 0) is 4.74 Å². The van der Waals surface area contributed by atoms with Crippen molar-refractivity contribution in [2.45, 2.75) is 52.6 Å². The SMILES string of the molecule is CC1CC2CN(C(=O)OC(C)(C)C)CC2CCC1C(=O)c1ccc(Br)cc1. The summed E-state index contributed by atoms with van der Waals surface area (Å²) < 4.78 is 6.53. The zero-order valence-corrected chi connectivity index (χ0v) is 18.3. The summed E-state index contributed by atoms with van der Waals surface area (Å²) in [4.78, 5) is 27.3. The number of ketones is 1. The van der Waals surface area contributed by atoms with Gasteiger partial charge in [-0.05, 0) is 69.9 Å². The van der Waals surface area contributed by atoms with Crippen LogP contribution >= 0.6 is 15.9 Å². The Morgan fingerprint density at radius 1 is 1.07 bits per heavy atom. The second-order valence-electron chi connectivity index (χ2n) is 9.17. The highest BCUT2D eigenvalue weighted by Gasteiger charge is 2.42. The molecular formula is C22H30BrNO3. The Bertz CT molecular complexity index is 695. The van der Waals surface area contributed by atoms with E-state index < -0.39 is 5.60 Å². The maximum atomic E-state index is 13.0. The van der Waals surface area contributed by atoms with Crippen molar-refractivity contribution in [1.82, 2.24) is 4.90 Å². The van der Waals surface area contributed by atoms with Gasteiger partial charge in [-0.3, -0.25) is 4.79 Å². The van der Waals surface area contributed by atoms with Gasteiger partial charge in [0.2, 0.25) is 0 Å². The van der Waals surface area contributed by atoms with E-state index in [4.69, 9.17) is 4.74 Å². The summed E-state index contributed by atoms with van der Waals surface area (Å²) in [5.74, 6) is 1.61. The lowest BCUT2D eigenvalue weighted by atomic mass is 9.82. The molecule has 4 unspecified atom stereocenters. The molecule has 5 heteroatoms. The Hall–Kier alpha value is -1.36. The number of nitrogens with zero attached hydrogens (tertiary/aromatic N) is 1. The summed E-state index contributed by atoms with van der Waals surface area (Å²) in [6.07, 6.45) is 2.70. The van der Waals surface area contributed by atoms with Gasteiger partial charge in [-0.1, -0.05) is 35.0 Å². The molecule has 0 aromatic heterocycles. The molecule has 4 nitrogen and oxygen atoms in total. The summed E-state index contributed by atoms with van der Waals surface area (Å²) in [5.41, 5.74) is 0.342. The van der Waals surface area contributed by atoms with Gasteiger partial charge in [0.1, 0.15) is 5.60 Å². The number of carbonyl (C=O) groups is 2. The minimum absolute atomic E-state index is 0.0757. The number of hydrogen-bond donors (Lipinski definition) is 0. The standard InChI is InChI=1S/C22H30BrNO3/c1-14-11-17-13-24(21(26)27-22(2,3)4)12-16(17)7-10-19(14)20(25)15-5-8-18(23)9-6-15/h5-6,8-9,14,16-17,19H,7,10-13H2,1-4H3. The number of ether oxygens (including phenoxy) is 1. The molecule has 1 saturated heterocycles. The van der Waals surface area contributed by atoms with E-state index in [-0.39, 0.29) is 17.8 Å². The maximum absolute atomic E-state index is 13.0. The Morgan fingerprint density at radius 3 is 2.33 bits per heavy atom. The number of rotatable bonds is 2. The highest BCUT2D eigenvalue weighted by atomic mass is 79.9. The summed E-state index contributed by atoms with van der Waals surface area (Å²) in [6, 6.07) is 7.69. The predicted molar refractivity (Wildman–Crippen MR) is 110 cm³/mol. The lowest BCUT2D eigenvalue weighted by Crippen LogP contribution is -2.36. The number of amides is 1. The molecule has 148 valence electrons. The van der Waals surface area contributed by atoms with E-state index in [1.165, 1.54) is 0 Å². The van der Waals surface area contributed by atoms with Crippen LogP contribution in [0.3, 0.4) is 0 Å². The molecule has 2 fully saturated rings. The van der Waals surface area contributed by atoms with Crippen LogP contribution in [0.25, 0.3) is 0 Å². The number of benzene rings is 1. The number of halogens is 1. The van der Waals surface area contributed by atoms with Crippen LogP contribution in [0.4, 0.5) is 4.79 Å². The van der Waals surface area contributed by atoms with Crippen molar-refractivity contribution in [3.05, 3.63) is 34.3 Å². The van der Waals surface area contributed by atoms with Crippen LogP contribution in [-0.4, -0.2) is 35.5 Å². The molecule has 0 spiro atoms. The third kappa shape index (κ3) is 4.92. The van der Waals surface area contributed by atoms with Gasteiger partial charge in [-0.2, -0.15) is 0 Å². The van der Waals surface area contributed by atoms with Crippen LogP contribution in [0.1, 0.15) is 57.3 Å². The first-order valence-electron chi connectivity index (χ1n) is 9.92. The minimum atomic E-state index is -0.461. The van der Waals surface area contributed by atoms with Gasteiger partial charge in [-0.25, -0.2) is 4.79 Å². The molecule has 2 aliphatic rings. The first-order chi connectivity index (χ1) is 12.6. The quantitative estimate of drug-likeness (QED) is 0.571. The van der Waals surface area contributed by atoms with Crippen molar-refractivity contribution in [2.75, 3.05) is 13.1 Å². The number of likely N-dealkylation sites (tertiary alicyclic amines) is 1. The summed E-state index contributed by atoms with van der Waals surface area (Å²) >= 11 is 3.43. The summed E-state index contributed by atoms with van der Waals surface area (Å²) in [6.45, 7) is 9.41. The predicted octanol–water partition coefficient (Wildman–Crippen LogP) is 5.55. The van der Waals surface area contributed by atoms with Crippen LogP contribution < -0.4 is 0 Å². The molecule has 0 bridgehead atoms.